The summed E-state index contributed by atoms with van der Waals surface area (Å²) in [6.45, 7) is 7.04. The van der Waals surface area contributed by atoms with E-state index in [4.69, 9.17) is 4.74 Å². The normalized spacial score (nSPS) is 13.5. The molecule has 1 aliphatic rings. The number of carbonyl (C=O) groups excluding carboxylic acids is 3. The van der Waals surface area contributed by atoms with Crippen LogP contribution in [0.25, 0.3) is 0 Å². The Morgan fingerprint density at radius 3 is 2.50 bits per heavy atom. The molecule has 3 rings (SSSR count). The maximum Gasteiger partial charge on any atom is 0.341 e. The van der Waals surface area contributed by atoms with Gasteiger partial charge in [-0.3, -0.25) is 9.59 Å². The molecule has 2 heterocycles. The Morgan fingerprint density at radius 1 is 1.23 bits per heavy atom. The SMILES string of the molecule is Cc1cc(C(=O)COC(=O)c2c(NC(=O)C3CC3)sc(C)c2C)c(C)[nH]1. The fourth-order valence-corrected chi connectivity index (χ4v) is 3.87. The number of anilines is 1. The number of aromatic amines is 1. The number of amides is 1. The number of hydrogen-bond acceptors (Lipinski definition) is 5. The van der Waals surface area contributed by atoms with Gasteiger partial charge in [0.1, 0.15) is 5.00 Å². The summed E-state index contributed by atoms with van der Waals surface area (Å²) in [7, 11) is 0. The predicted molar refractivity (Wildman–Crippen MR) is 100 cm³/mol. The zero-order valence-corrected chi connectivity index (χ0v) is 16.1. The van der Waals surface area contributed by atoms with Crippen LogP contribution in [-0.2, 0) is 9.53 Å². The van der Waals surface area contributed by atoms with Crippen molar-refractivity contribution in [3.05, 3.63) is 39.0 Å². The van der Waals surface area contributed by atoms with Gasteiger partial charge in [-0.25, -0.2) is 4.79 Å². The van der Waals surface area contributed by atoms with Gasteiger partial charge in [0.15, 0.2) is 6.61 Å². The van der Waals surface area contributed by atoms with E-state index in [1.165, 1.54) is 11.3 Å². The standard InChI is InChI=1S/C19H22N2O4S/c1-9-7-14(11(3)20-9)15(22)8-25-19(24)16-10(2)12(4)26-18(16)21-17(23)13-5-6-13/h7,13,20H,5-6,8H2,1-4H3,(H,21,23). The molecule has 26 heavy (non-hydrogen) atoms. The van der Waals surface area contributed by atoms with Crippen LogP contribution < -0.4 is 5.32 Å². The van der Waals surface area contributed by atoms with Gasteiger partial charge in [-0.05, 0) is 52.2 Å². The smallest absolute Gasteiger partial charge is 0.341 e. The van der Waals surface area contributed by atoms with Crippen LogP contribution in [0.4, 0.5) is 5.00 Å². The molecular weight excluding hydrogens is 352 g/mol. The summed E-state index contributed by atoms with van der Waals surface area (Å²) in [6.07, 6.45) is 1.78. The number of aromatic nitrogens is 1. The molecule has 1 saturated carbocycles. The quantitative estimate of drug-likeness (QED) is 0.596. The molecule has 1 fully saturated rings. The Hall–Kier alpha value is -2.41. The van der Waals surface area contributed by atoms with E-state index in [0.29, 0.717) is 16.1 Å². The Morgan fingerprint density at radius 2 is 1.92 bits per heavy atom. The molecule has 2 aromatic heterocycles. The summed E-state index contributed by atoms with van der Waals surface area (Å²) in [5, 5.41) is 3.34. The third kappa shape index (κ3) is 3.72. The van der Waals surface area contributed by atoms with E-state index in [9.17, 15) is 14.4 Å². The average Bonchev–Trinajstić information content (AvgIpc) is 3.32. The molecule has 2 aromatic rings. The lowest BCUT2D eigenvalue weighted by atomic mass is 10.1. The summed E-state index contributed by atoms with van der Waals surface area (Å²) in [5.41, 5.74) is 3.27. The molecule has 0 radical (unpaired) electrons. The van der Waals surface area contributed by atoms with Crippen molar-refractivity contribution in [2.75, 3.05) is 11.9 Å². The monoisotopic (exact) mass is 374 g/mol. The molecule has 1 aliphatic carbocycles. The van der Waals surface area contributed by atoms with E-state index < -0.39 is 5.97 Å². The van der Waals surface area contributed by atoms with Crippen LogP contribution in [0, 0.1) is 33.6 Å². The molecule has 0 unspecified atom stereocenters. The Balaban J connectivity index is 1.71. The van der Waals surface area contributed by atoms with Crippen LogP contribution >= 0.6 is 11.3 Å². The summed E-state index contributed by atoms with van der Waals surface area (Å²) in [5.74, 6) is -0.859. The Bertz CT molecular complexity index is 890. The third-order valence-electron chi connectivity index (χ3n) is 4.56. The predicted octanol–water partition coefficient (Wildman–Crippen LogP) is 3.70. The second kappa shape index (κ2) is 7.07. The fraction of sp³-hybridized carbons (Fsp3) is 0.421. The topological polar surface area (TPSA) is 88.3 Å². The molecule has 138 valence electrons. The van der Waals surface area contributed by atoms with Crippen molar-refractivity contribution in [3.8, 4) is 0 Å². The van der Waals surface area contributed by atoms with E-state index in [1.54, 1.807) is 13.0 Å². The highest BCUT2D eigenvalue weighted by Gasteiger charge is 2.32. The van der Waals surface area contributed by atoms with Crippen LogP contribution in [0.2, 0.25) is 0 Å². The van der Waals surface area contributed by atoms with Crippen LogP contribution in [-0.4, -0.2) is 29.3 Å². The molecule has 0 spiro atoms. The molecule has 1 amide bonds. The summed E-state index contributed by atoms with van der Waals surface area (Å²) in [6, 6.07) is 1.74. The number of H-pyrrole nitrogens is 1. The minimum absolute atomic E-state index is 0.0444. The second-order valence-corrected chi connectivity index (χ2v) is 7.97. The number of nitrogens with one attached hydrogen (secondary N) is 2. The first kappa shape index (κ1) is 18.4. The van der Waals surface area contributed by atoms with Crippen molar-refractivity contribution in [3.63, 3.8) is 0 Å². The number of ether oxygens (including phenoxy) is 1. The number of carbonyl (C=O) groups is 3. The first-order valence-electron chi connectivity index (χ1n) is 8.55. The maximum atomic E-state index is 12.6. The van der Waals surface area contributed by atoms with Crippen molar-refractivity contribution >= 4 is 34.0 Å². The number of thiophene rings is 1. The van der Waals surface area contributed by atoms with Gasteiger partial charge in [0.25, 0.3) is 0 Å². The van der Waals surface area contributed by atoms with Gasteiger partial charge in [0.2, 0.25) is 11.7 Å². The highest BCUT2D eigenvalue weighted by Crippen LogP contribution is 2.36. The zero-order chi connectivity index (χ0) is 19.0. The van der Waals surface area contributed by atoms with E-state index >= 15 is 0 Å². The third-order valence-corrected chi connectivity index (χ3v) is 5.68. The second-order valence-electron chi connectivity index (χ2n) is 6.74. The van der Waals surface area contributed by atoms with Crippen LogP contribution in [0.1, 0.15) is 55.4 Å². The molecule has 0 aromatic carbocycles. The van der Waals surface area contributed by atoms with Crippen molar-refractivity contribution < 1.29 is 19.1 Å². The summed E-state index contributed by atoms with van der Waals surface area (Å²) < 4.78 is 5.25. The molecule has 2 N–H and O–H groups in total. The molecule has 7 heteroatoms. The highest BCUT2D eigenvalue weighted by atomic mass is 32.1. The molecule has 0 bridgehead atoms. The molecule has 0 atom stereocenters. The largest absolute Gasteiger partial charge is 0.454 e. The van der Waals surface area contributed by atoms with E-state index in [0.717, 1.165) is 34.7 Å². The number of aryl methyl sites for hydroxylation is 3. The number of rotatable bonds is 6. The molecule has 0 saturated heterocycles. The van der Waals surface area contributed by atoms with Crippen molar-refractivity contribution in [1.82, 2.24) is 4.98 Å². The first-order chi connectivity index (χ1) is 12.3. The van der Waals surface area contributed by atoms with E-state index in [-0.39, 0.29) is 24.2 Å². The Labute approximate surface area is 155 Å². The summed E-state index contributed by atoms with van der Waals surface area (Å²) >= 11 is 1.36. The van der Waals surface area contributed by atoms with E-state index in [2.05, 4.69) is 10.3 Å². The highest BCUT2D eigenvalue weighted by molar-refractivity contribution is 7.16. The van der Waals surface area contributed by atoms with Crippen LogP contribution in [0.3, 0.4) is 0 Å². The lowest BCUT2D eigenvalue weighted by molar-refractivity contribution is -0.117. The lowest BCUT2D eigenvalue weighted by Gasteiger charge is -2.08. The Kier molecular flexibility index (Phi) is 5.00. The first-order valence-corrected chi connectivity index (χ1v) is 9.37. The van der Waals surface area contributed by atoms with Gasteiger partial charge in [-0.15, -0.1) is 11.3 Å². The lowest BCUT2D eigenvalue weighted by Crippen LogP contribution is -2.18. The van der Waals surface area contributed by atoms with Gasteiger partial charge in [-0.2, -0.15) is 0 Å². The molecule has 0 aliphatic heterocycles. The van der Waals surface area contributed by atoms with Gasteiger partial charge in [-0.1, -0.05) is 0 Å². The number of ketones is 1. The maximum absolute atomic E-state index is 12.6. The van der Waals surface area contributed by atoms with Gasteiger partial charge >= 0.3 is 5.97 Å². The van der Waals surface area contributed by atoms with Crippen molar-refractivity contribution in [2.24, 2.45) is 5.92 Å². The van der Waals surface area contributed by atoms with Crippen molar-refractivity contribution in [1.29, 1.82) is 0 Å². The van der Waals surface area contributed by atoms with Crippen LogP contribution in [0.15, 0.2) is 6.07 Å². The molecule has 6 nitrogen and oxygen atoms in total. The van der Waals surface area contributed by atoms with E-state index in [1.807, 2.05) is 20.8 Å². The van der Waals surface area contributed by atoms with Crippen molar-refractivity contribution in [2.45, 2.75) is 40.5 Å². The number of hydrogen-bond donors (Lipinski definition) is 2. The number of esters is 1. The number of Topliss-reactive ketones (excluding diaryl/α,β-unsaturated/α-hetero) is 1. The molecular formula is C19H22N2O4S. The zero-order valence-electron chi connectivity index (χ0n) is 15.3. The summed E-state index contributed by atoms with van der Waals surface area (Å²) in [4.78, 5) is 40.9. The van der Waals surface area contributed by atoms with Gasteiger partial charge < -0.3 is 15.0 Å². The fourth-order valence-electron chi connectivity index (χ4n) is 2.81. The minimum atomic E-state index is -0.587. The minimum Gasteiger partial charge on any atom is -0.454 e. The van der Waals surface area contributed by atoms with Crippen LogP contribution in [0.5, 0.6) is 0 Å². The average molecular weight is 374 g/mol. The van der Waals surface area contributed by atoms with Gasteiger partial charge in [0, 0.05) is 27.7 Å². The van der Waals surface area contributed by atoms with Gasteiger partial charge in [0.05, 0.1) is 5.56 Å².